The number of nitrogens with two attached hydrogens (primary N) is 1. The van der Waals surface area contributed by atoms with E-state index in [0.29, 0.717) is 6.04 Å². The predicted molar refractivity (Wildman–Crippen MR) is 49.6 cm³/mol. The minimum atomic E-state index is 0.555. The van der Waals surface area contributed by atoms with Crippen molar-refractivity contribution in [1.82, 2.24) is 0 Å². The van der Waals surface area contributed by atoms with Crippen molar-refractivity contribution >= 4 is 0 Å². The normalized spacial score (nSPS) is 57.2. The summed E-state index contributed by atoms with van der Waals surface area (Å²) in [5.41, 5.74) is 6.06. The molecule has 5 unspecified atom stereocenters. The molecule has 0 heterocycles. The molecule has 4 bridgehead atoms. The summed E-state index contributed by atoms with van der Waals surface area (Å²) in [6.45, 7) is 0. The highest BCUT2D eigenvalue weighted by atomic mass is 14.7. The molecule has 0 spiro atoms. The second-order valence-corrected chi connectivity index (χ2v) is 5.25. The lowest BCUT2D eigenvalue weighted by Crippen LogP contribution is -2.36. The quantitative estimate of drug-likeness (QED) is 0.585. The first kappa shape index (κ1) is 7.37. The van der Waals surface area contributed by atoms with Crippen LogP contribution in [-0.2, 0) is 0 Å². The van der Waals surface area contributed by atoms with Gasteiger partial charge in [0.2, 0.25) is 0 Å². The highest BCUT2D eigenvalue weighted by molar-refractivity contribution is 5.00. The maximum absolute atomic E-state index is 6.06. The second kappa shape index (κ2) is 2.47. The maximum Gasteiger partial charge on any atom is 0.00444 e. The molecule has 12 heavy (non-hydrogen) atoms. The van der Waals surface area contributed by atoms with Crippen molar-refractivity contribution in [3.8, 4) is 0 Å². The van der Waals surface area contributed by atoms with E-state index in [1.54, 1.807) is 0 Å². The molecule has 0 aliphatic heterocycles. The van der Waals surface area contributed by atoms with Crippen LogP contribution in [0.15, 0.2) is 0 Å². The Labute approximate surface area is 74.7 Å². The van der Waals surface area contributed by atoms with Crippen LogP contribution in [0.25, 0.3) is 0 Å². The summed E-state index contributed by atoms with van der Waals surface area (Å²) in [5.74, 6) is 4.27. The summed E-state index contributed by atoms with van der Waals surface area (Å²) in [5, 5.41) is 0. The van der Waals surface area contributed by atoms with Gasteiger partial charge in [-0.05, 0) is 49.4 Å². The summed E-state index contributed by atoms with van der Waals surface area (Å²) in [7, 11) is 0. The number of rotatable bonds is 0. The van der Waals surface area contributed by atoms with Crippen molar-refractivity contribution < 1.29 is 0 Å². The van der Waals surface area contributed by atoms with Crippen molar-refractivity contribution in [3.63, 3.8) is 0 Å². The largest absolute Gasteiger partial charge is 0.328 e. The fourth-order valence-corrected chi connectivity index (χ4v) is 4.31. The van der Waals surface area contributed by atoms with Crippen LogP contribution in [0.3, 0.4) is 0 Å². The molecule has 5 atom stereocenters. The van der Waals surface area contributed by atoms with Gasteiger partial charge < -0.3 is 5.73 Å². The Morgan fingerprint density at radius 3 is 2.67 bits per heavy atom. The molecule has 1 heteroatoms. The first-order valence-electron chi connectivity index (χ1n) is 5.60. The van der Waals surface area contributed by atoms with Crippen molar-refractivity contribution in [1.29, 1.82) is 0 Å². The van der Waals surface area contributed by atoms with Gasteiger partial charge >= 0.3 is 0 Å². The van der Waals surface area contributed by atoms with E-state index in [1.807, 2.05) is 0 Å². The Morgan fingerprint density at radius 2 is 1.75 bits per heavy atom. The van der Waals surface area contributed by atoms with Crippen LogP contribution >= 0.6 is 0 Å². The van der Waals surface area contributed by atoms with E-state index in [-0.39, 0.29) is 0 Å². The lowest BCUT2D eigenvalue weighted by atomic mass is 9.70. The van der Waals surface area contributed by atoms with Crippen LogP contribution < -0.4 is 5.73 Å². The SMILES string of the molecule is NC1CC2CC3CCCC2C3C1. The summed E-state index contributed by atoms with van der Waals surface area (Å²) in [6, 6.07) is 0.555. The monoisotopic (exact) mass is 165 g/mol. The molecular weight excluding hydrogens is 146 g/mol. The maximum atomic E-state index is 6.06. The van der Waals surface area contributed by atoms with Gasteiger partial charge in [0.15, 0.2) is 0 Å². The van der Waals surface area contributed by atoms with Crippen LogP contribution in [0.5, 0.6) is 0 Å². The van der Waals surface area contributed by atoms with Crippen LogP contribution in [0, 0.1) is 23.7 Å². The highest BCUT2D eigenvalue weighted by Crippen LogP contribution is 2.56. The lowest BCUT2D eigenvalue weighted by Gasteiger charge is -2.37. The molecule has 3 saturated carbocycles. The van der Waals surface area contributed by atoms with Gasteiger partial charge in [-0.3, -0.25) is 0 Å². The lowest BCUT2D eigenvalue weighted by molar-refractivity contribution is 0.144. The molecule has 1 nitrogen and oxygen atoms in total. The average Bonchev–Trinajstić information content (AvgIpc) is 2.26. The molecule has 0 amide bonds. The summed E-state index contributed by atoms with van der Waals surface area (Å²) < 4.78 is 0. The average molecular weight is 165 g/mol. The van der Waals surface area contributed by atoms with Crippen molar-refractivity contribution in [2.24, 2.45) is 29.4 Å². The van der Waals surface area contributed by atoms with Crippen LogP contribution in [-0.4, -0.2) is 6.04 Å². The van der Waals surface area contributed by atoms with Crippen LogP contribution in [0.2, 0.25) is 0 Å². The molecule has 3 rings (SSSR count). The Balaban J connectivity index is 1.87. The van der Waals surface area contributed by atoms with E-state index in [1.165, 1.54) is 38.5 Å². The molecule has 3 aliphatic carbocycles. The van der Waals surface area contributed by atoms with Gasteiger partial charge in [0, 0.05) is 6.04 Å². The molecule has 0 aromatic rings. The Kier molecular flexibility index (Phi) is 1.52. The molecular formula is C11H19N. The topological polar surface area (TPSA) is 26.0 Å². The molecule has 0 aromatic heterocycles. The molecule has 0 radical (unpaired) electrons. The molecule has 0 aromatic carbocycles. The van der Waals surface area contributed by atoms with E-state index in [0.717, 1.165) is 23.7 Å². The zero-order valence-corrected chi connectivity index (χ0v) is 7.71. The highest BCUT2D eigenvalue weighted by Gasteiger charge is 2.48. The molecule has 2 N–H and O–H groups in total. The Bertz CT molecular complexity index is 189. The third-order valence-corrected chi connectivity index (χ3v) is 4.66. The standard InChI is InChI=1S/C11H19N/c12-9-5-8-4-7-2-1-3-10(8)11(7)6-9/h7-11H,1-6,12H2. The zero-order chi connectivity index (χ0) is 8.13. The number of hydrogen-bond donors (Lipinski definition) is 1. The van der Waals surface area contributed by atoms with Gasteiger partial charge in [0.25, 0.3) is 0 Å². The summed E-state index contributed by atoms with van der Waals surface area (Å²) >= 11 is 0. The Hall–Kier alpha value is -0.0400. The van der Waals surface area contributed by atoms with E-state index in [9.17, 15) is 0 Å². The summed E-state index contributed by atoms with van der Waals surface area (Å²) in [4.78, 5) is 0. The molecule has 0 saturated heterocycles. The fourth-order valence-electron chi connectivity index (χ4n) is 4.31. The zero-order valence-electron chi connectivity index (χ0n) is 7.71. The van der Waals surface area contributed by atoms with Crippen molar-refractivity contribution in [3.05, 3.63) is 0 Å². The second-order valence-electron chi connectivity index (χ2n) is 5.25. The summed E-state index contributed by atoms with van der Waals surface area (Å²) in [6.07, 6.45) is 8.78. The van der Waals surface area contributed by atoms with Gasteiger partial charge in [0.1, 0.15) is 0 Å². The first-order valence-corrected chi connectivity index (χ1v) is 5.60. The smallest absolute Gasteiger partial charge is 0.00444 e. The van der Waals surface area contributed by atoms with Crippen LogP contribution in [0.1, 0.15) is 38.5 Å². The van der Waals surface area contributed by atoms with Gasteiger partial charge in [0.05, 0.1) is 0 Å². The molecule has 68 valence electrons. The minimum absolute atomic E-state index is 0.555. The van der Waals surface area contributed by atoms with E-state index >= 15 is 0 Å². The van der Waals surface area contributed by atoms with Gasteiger partial charge in [-0.15, -0.1) is 0 Å². The first-order chi connectivity index (χ1) is 5.84. The minimum Gasteiger partial charge on any atom is -0.328 e. The predicted octanol–water partition coefficient (Wildman–Crippen LogP) is 2.16. The third-order valence-electron chi connectivity index (χ3n) is 4.66. The van der Waals surface area contributed by atoms with E-state index < -0.39 is 0 Å². The van der Waals surface area contributed by atoms with Crippen LogP contribution in [0.4, 0.5) is 0 Å². The fraction of sp³-hybridized carbons (Fsp3) is 1.00. The Morgan fingerprint density at radius 1 is 0.833 bits per heavy atom. The van der Waals surface area contributed by atoms with E-state index in [2.05, 4.69) is 0 Å². The third kappa shape index (κ3) is 0.891. The molecule has 3 aliphatic rings. The van der Waals surface area contributed by atoms with Gasteiger partial charge in [-0.1, -0.05) is 12.8 Å². The van der Waals surface area contributed by atoms with Gasteiger partial charge in [-0.2, -0.15) is 0 Å². The van der Waals surface area contributed by atoms with Crippen molar-refractivity contribution in [2.45, 2.75) is 44.6 Å². The van der Waals surface area contributed by atoms with Crippen molar-refractivity contribution in [2.75, 3.05) is 0 Å². The van der Waals surface area contributed by atoms with E-state index in [4.69, 9.17) is 5.73 Å². The van der Waals surface area contributed by atoms with Gasteiger partial charge in [-0.25, -0.2) is 0 Å². The number of hydrogen-bond acceptors (Lipinski definition) is 1. The molecule has 3 fully saturated rings.